The average Bonchev–Trinajstić information content (AvgIpc) is 3.39. The van der Waals surface area contributed by atoms with E-state index >= 15 is 0 Å². The van der Waals surface area contributed by atoms with Crippen molar-refractivity contribution in [3.63, 3.8) is 0 Å². The van der Waals surface area contributed by atoms with Gasteiger partial charge in [-0.1, -0.05) is 17.2 Å². The second kappa shape index (κ2) is 7.47. The number of hydrogen-bond acceptors (Lipinski definition) is 8. The second-order valence-corrected chi connectivity index (χ2v) is 5.92. The molecule has 4 aromatic rings. The number of nitrogens with zero attached hydrogens (tertiary/aromatic N) is 2. The molecule has 29 heavy (non-hydrogen) atoms. The third kappa shape index (κ3) is 3.53. The van der Waals surface area contributed by atoms with Crippen LogP contribution in [0, 0.1) is 0 Å². The maximum absolute atomic E-state index is 12.3. The Morgan fingerprint density at radius 1 is 0.966 bits per heavy atom. The van der Waals surface area contributed by atoms with Gasteiger partial charge in [0.05, 0.1) is 19.8 Å². The summed E-state index contributed by atoms with van der Waals surface area (Å²) in [6.07, 6.45) is 0. The summed E-state index contributed by atoms with van der Waals surface area (Å²) in [5, 5.41) is 11.0. The van der Waals surface area contributed by atoms with Crippen molar-refractivity contribution in [2.24, 2.45) is 0 Å². The van der Waals surface area contributed by atoms with E-state index in [1.807, 2.05) is 12.1 Å². The van der Waals surface area contributed by atoms with Gasteiger partial charge in [-0.05, 0) is 36.4 Å². The molecule has 2 heterocycles. The molecule has 0 aliphatic heterocycles. The molecule has 0 saturated heterocycles. The van der Waals surface area contributed by atoms with Crippen molar-refractivity contribution in [3.8, 4) is 17.4 Å². The zero-order valence-corrected chi connectivity index (χ0v) is 15.5. The number of carbonyl (C=O) groups is 2. The van der Waals surface area contributed by atoms with E-state index in [0.29, 0.717) is 28.2 Å². The van der Waals surface area contributed by atoms with Crippen molar-refractivity contribution in [2.45, 2.75) is 0 Å². The minimum Gasteiger partial charge on any atom is -0.493 e. The predicted molar refractivity (Wildman–Crippen MR) is 102 cm³/mol. The molecule has 1 N–H and O–H groups in total. The zero-order chi connectivity index (χ0) is 20.4. The van der Waals surface area contributed by atoms with Crippen LogP contribution in [0.5, 0.6) is 5.75 Å². The van der Waals surface area contributed by atoms with Gasteiger partial charge >= 0.3 is 12.0 Å². The van der Waals surface area contributed by atoms with E-state index in [1.54, 1.807) is 19.2 Å². The lowest BCUT2D eigenvalue weighted by molar-refractivity contribution is 0.0600. The van der Waals surface area contributed by atoms with Gasteiger partial charge in [0.1, 0.15) is 0 Å². The fraction of sp³-hybridized carbons (Fsp3) is 0.100. The summed E-state index contributed by atoms with van der Waals surface area (Å²) in [4.78, 5) is 23.8. The molecule has 4 rings (SSSR count). The minimum atomic E-state index is -0.485. The van der Waals surface area contributed by atoms with Gasteiger partial charge in [0.25, 0.3) is 11.8 Å². The van der Waals surface area contributed by atoms with Crippen LogP contribution in [0.15, 0.2) is 57.4 Å². The molecule has 9 heteroatoms. The molecule has 2 aromatic carbocycles. The maximum atomic E-state index is 12.3. The van der Waals surface area contributed by atoms with Crippen LogP contribution in [-0.4, -0.2) is 36.3 Å². The van der Waals surface area contributed by atoms with E-state index < -0.39 is 11.9 Å². The van der Waals surface area contributed by atoms with E-state index in [9.17, 15) is 9.59 Å². The summed E-state index contributed by atoms with van der Waals surface area (Å²) in [7, 11) is 2.84. The van der Waals surface area contributed by atoms with Gasteiger partial charge in [-0.2, -0.15) is 0 Å². The van der Waals surface area contributed by atoms with Gasteiger partial charge in [0, 0.05) is 10.9 Å². The van der Waals surface area contributed by atoms with Crippen LogP contribution in [0.3, 0.4) is 0 Å². The number of rotatable bonds is 5. The highest BCUT2D eigenvalue weighted by Crippen LogP contribution is 2.33. The van der Waals surface area contributed by atoms with E-state index in [-0.39, 0.29) is 11.9 Å². The molecule has 1 amide bonds. The standard InChI is InChI=1S/C20H15N3O6/c1-26-14-5-3-4-13-10-15(28-16(13)14)18-22-23-20(29-18)21-17(24)11-6-8-12(9-7-11)19(25)27-2/h3-10H,1-2H3,(H,21,23,24). The summed E-state index contributed by atoms with van der Waals surface area (Å²) in [6, 6.07) is 13.1. The van der Waals surface area contributed by atoms with E-state index in [0.717, 1.165) is 5.39 Å². The lowest BCUT2D eigenvalue weighted by atomic mass is 10.1. The Bertz CT molecular complexity index is 1190. The first-order valence-corrected chi connectivity index (χ1v) is 8.49. The van der Waals surface area contributed by atoms with Gasteiger partial charge in [-0.15, -0.1) is 5.10 Å². The first-order chi connectivity index (χ1) is 14.1. The predicted octanol–water partition coefficient (Wildman–Crippen LogP) is 3.53. The third-order valence-corrected chi connectivity index (χ3v) is 4.15. The number of carbonyl (C=O) groups excluding carboxylic acids is 2. The van der Waals surface area contributed by atoms with Crippen LogP contribution in [0.4, 0.5) is 6.01 Å². The molecule has 9 nitrogen and oxygen atoms in total. The fourth-order valence-electron chi connectivity index (χ4n) is 2.72. The maximum Gasteiger partial charge on any atom is 0.337 e. The summed E-state index contributed by atoms with van der Waals surface area (Å²) in [5.41, 5.74) is 1.20. The number of fused-ring (bicyclic) bond motifs is 1. The van der Waals surface area contributed by atoms with Crippen LogP contribution in [-0.2, 0) is 4.74 Å². The van der Waals surface area contributed by atoms with Gasteiger partial charge < -0.3 is 18.3 Å². The summed E-state index contributed by atoms with van der Waals surface area (Å²) < 4.78 is 21.1. The van der Waals surface area contributed by atoms with Gasteiger partial charge in [0.15, 0.2) is 17.1 Å². The Morgan fingerprint density at radius 3 is 2.45 bits per heavy atom. The van der Waals surface area contributed by atoms with Crippen molar-refractivity contribution in [3.05, 3.63) is 59.7 Å². The summed E-state index contributed by atoms with van der Waals surface area (Å²) in [6.45, 7) is 0. The van der Waals surface area contributed by atoms with Crippen LogP contribution in [0.2, 0.25) is 0 Å². The van der Waals surface area contributed by atoms with Crippen molar-refractivity contribution in [1.29, 1.82) is 0 Å². The number of benzene rings is 2. The number of aromatic nitrogens is 2. The molecule has 0 fully saturated rings. The number of ether oxygens (including phenoxy) is 2. The molecule has 0 bridgehead atoms. The number of hydrogen-bond donors (Lipinski definition) is 1. The lowest BCUT2D eigenvalue weighted by Crippen LogP contribution is -2.12. The number of amides is 1. The summed E-state index contributed by atoms with van der Waals surface area (Å²) >= 11 is 0. The zero-order valence-electron chi connectivity index (χ0n) is 15.5. The molecule has 0 spiro atoms. The molecule has 0 atom stereocenters. The molecule has 0 unspecified atom stereocenters. The quantitative estimate of drug-likeness (QED) is 0.512. The Labute approximate surface area is 164 Å². The number of methoxy groups -OCH3 is 2. The fourth-order valence-corrected chi connectivity index (χ4v) is 2.72. The molecule has 0 saturated carbocycles. The number of nitrogens with one attached hydrogen (secondary N) is 1. The monoisotopic (exact) mass is 393 g/mol. The van der Waals surface area contributed by atoms with Crippen LogP contribution >= 0.6 is 0 Å². The third-order valence-electron chi connectivity index (χ3n) is 4.15. The summed E-state index contributed by atoms with van der Waals surface area (Å²) in [5.74, 6) is 0.0839. The largest absolute Gasteiger partial charge is 0.493 e. The molecule has 0 aliphatic rings. The highest BCUT2D eigenvalue weighted by atomic mass is 16.5. The van der Waals surface area contributed by atoms with Crippen molar-refractivity contribution in [1.82, 2.24) is 10.2 Å². The normalized spacial score (nSPS) is 10.7. The molecule has 0 aliphatic carbocycles. The van der Waals surface area contributed by atoms with Crippen molar-refractivity contribution >= 4 is 28.9 Å². The van der Waals surface area contributed by atoms with Crippen molar-refractivity contribution < 1.29 is 27.9 Å². The highest BCUT2D eigenvalue weighted by molar-refractivity contribution is 6.03. The smallest absolute Gasteiger partial charge is 0.337 e. The molecular weight excluding hydrogens is 378 g/mol. The molecular formula is C20H15N3O6. The molecule has 2 aromatic heterocycles. The highest BCUT2D eigenvalue weighted by Gasteiger charge is 2.17. The van der Waals surface area contributed by atoms with Gasteiger partial charge in [0.2, 0.25) is 0 Å². The Kier molecular flexibility index (Phi) is 4.70. The minimum absolute atomic E-state index is 0.0885. The van der Waals surface area contributed by atoms with E-state index in [1.165, 1.54) is 31.4 Å². The first kappa shape index (κ1) is 18.2. The first-order valence-electron chi connectivity index (χ1n) is 8.49. The van der Waals surface area contributed by atoms with Gasteiger partial charge in [-0.3, -0.25) is 10.1 Å². The Balaban J connectivity index is 1.52. The van der Waals surface area contributed by atoms with Gasteiger partial charge in [-0.25, -0.2) is 4.79 Å². The topological polar surface area (TPSA) is 117 Å². The molecule has 146 valence electrons. The number of anilines is 1. The Morgan fingerprint density at radius 2 is 1.72 bits per heavy atom. The number of furan rings is 1. The van der Waals surface area contributed by atoms with Crippen LogP contribution in [0.25, 0.3) is 22.6 Å². The van der Waals surface area contributed by atoms with Crippen molar-refractivity contribution in [2.75, 3.05) is 19.5 Å². The van der Waals surface area contributed by atoms with Crippen LogP contribution < -0.4 is 10.1 Å². The molecule has 0 radical (unpaired) electrons. The SMILES string of the molecule is COC(=O)c1ccc(C(=O)Nc2nnc(-c3cc4cccc(OC)c4o3)o2)cc1. The number of esters is 1. The Hall–Kier alpha value is -4.14. The second-order valence-electron chi connectivity index (χ2n) is 5.92. The number of para-hydroxylation sites is 1. The lowest BCUT2D eigenvalue weighted by Gasteiger charge is -2.02. The van der Waals surface area contributed by atoms with Crippen LogP contribution in [0.1, 0.15) is 20.7 Å². The van der Waals surface area contributed by atoms with E-state index in [4.69, 9.17) is 13.6 Å². The van der Waals surface area contributed by atoms with E-state index in [2.05, 4.69) is 20.3 Å². The average molecular weight is 393 g/mol.